The summed E-state index contributed by atoms with van der Waals surface area (Å²) in [6, 6.07) is 1.91. The lowest BCUT2D eigenvalue weighted by Crippen LogP contribution is -2.23. The average molecular weight is 292 g/mol. The average Bonchev–Trinajstić information content (AvgIpc) is 2.47. The SMILES string of the molecule is CC.COc1nc(C)cc2nc(C)nc(N(C)CCO)c12. The van der Waals surface area contributed by atoms with E-state index in [2.05, 4.69) is 15.0 Å². The molecule has 0 saturated heterocycles. The summed E-state index contributed by atoms with van der Waals surface area (Å²) in [6.45, 7) is 8.29. The Morgan fingerprint density at radius 2 is 1.86 bits per heavy atom. The predicted octanol–water partition coefficient (Wildman–Crippen LogP) is 2.10. The Kier molecular flexibility index (Phi) is 6.30. The zero-order valence-corrected chi connectivity index (χ0v) is 13.6. The Morgan fingerprint density at radius 1 is 1.19 bits per heavy atom. The van der Waals surface area contributed by atoms with Gasteiger partial charge in [0.2, 0.25) is 5.88 Å². The van der Waals surface area contributed by atoms with E-state index in [4.69, 9.17) is 9.84 Å². The number of rotatable bonds is 4. The van der Waals surface area contributed by atoms with Gasteiger partial charge in [-0.3, -0.25) is 0 Å². The van der Waals surface area contributed by atoms with Crippen molar-refractivity contribution in [1.82, 2.24) is 15.0 Å². The molecule has 21 heavy (non-hydrogen) atoms. The number of aliphatic hydroxyl groups is 1. The predicted molar refractivity (Wildman–Crippen MR) is 85.1 cm³/mol. The molecule has 116 valence electrons. The van der Waals surface area contributed by atoms with Gasteiger partial charge < -0.3 is 14.7 Å². The van der Waals surface area contributed by atoms with Crippen LogP contribution >= 0.6 is 0 Å². The molecule has 0 aliphatic carbocycles. The second-order valence-corrected chi connectivity index (χ2v) is 4.41. The molecule has 0 saturated carbocycles. The van der Waals surface area contributed by atoms with Crippen molar-refractivity contribution in [1.29, 1.82) is 0 Å². The fourth-order valence-corrected chi connectivity index (χ4v) is 2.01. The number of hydrogen-bond donors (Lipinski definition) is 1. The van der Waals surface area contributed by atoms with Crippen molar-refractivity contribution in [3.8, 4) is 5.88 Å². The van der Waals surface area contributed by atoms with Crippen molar-refractivity contribution >= 4 is 16.7 Å². The number of fused-ring (bicyclic) bond motifs is 1. The highest BCUT2D eigenvalue weighted by atomic mass is 16.5. The van der Waals surface area contributed by atoms with Gasteiger partial charge in [-0.25, -0.2) is 15.0 Å². The molecule has 0 radical (unpaired) electrons. The highest BCUT2D eigenvalue weighted by molar-refractivity contribution is 5.94. The Bertz CT molecular complexity index is 596. The van der Waals surface area contributed by atoms with E-state index in [1.807, 2.05) is 45.7 Å². The molecule has 0 aliphatic rings. The molecule has 0 spiro atoms. The van der Waals surface area contributed by atoms with Crippen molar-refractivity contribution in [3.05, 3.63) is 17.6 Å². The fourth-order valence-electron chi connectivity index (χ4n) is 2.01. The number of methoxy groups -OCH3 is 1. The number of ether oxygens (including phenoxy) is 1. The van der Waals surface area contributed by atoms with E-state index in [0.717, 1.165) is 22.4 Å². The number of pyridine rings is 1. The maximum atomic E-state index is 9.08. The third kappa shape index (κ3) is 3.78. The van der Waals surface area contributed by atoms with Crippen molar-refractivity contribution in [2.45, 2.75) is 27.7 Å². The van der Waals surface area contributed by atoms with Crippen LogP contribution in [0.5, 0.6) is 5.88 Å². The molecule has 0 aliphatic heterocycles. The van der Waals surface area contributed by atoms with E-state index in [9.17, 15) is 0 Å². The Balaban J connectivity index is 0.00000106. The first-order valence-corrected chi connectivity index (χ1v) is 7.08. The van der Waals surface area contributed by atoms with Crippen molar-refractivity contribution in [2.24, 2.45) is 0 Å². The molecule has 0 amide bonds. The van der Waals surface area contributed by atoms with Gasteiger partial charge in [-0.2, -0.15) is 0 Å². The van der Waals surface area contributed by atoms with Crippen LogP contribution in [0.3, 0.4) is 0 Å². The number of anilines is 1. The first-order chi connectivity index (χ1) is 10.1. The molecule has 1 N–H and O–H groups in total. The van der Waals surface area contributed by atoms with Gasteiger partial charge in [-0.1, -0.05) is 13.8 Å². The molecule has 0 fully saturated rings. The number of aliphatic hydroxyl groups excluding tert-OH is 1. The number of likely N-dealkylation sites (N-methyl/N-ethyl adjacent to an activating group) is 1. The maximum Gasteiger partial charge on any atom is 0.226 e. The van der Waals surface area contributed by atoms with E-state index in [0.29, 0.717) is 18.2 Å². The Labute approximate surface area is 125 Å². The molecule has 2 rings (SSSR count). The molecular weight excluding hydrogens is 268 g/mol. The van der Waals surface area contributed by atoms with Crippen LogP contribution in [0.2, 0.25) is 0 Å². The minimum atomic E-state index is 0.0582. The number of aryl methyl sites for hydroxylation is 2. The standard InChI is InChI=1S/C13H18N4O2.C2H6/c1-8-7-10-11(13(14-8)19-4)12(16-9(2)15-10)17(3)5-6-18;1-2/h7,18H,5-6H2,1-4H3;1-2H3. The van der Waals surface area contributed by atoms with Gasteiger partial charge in [0.05, 0.1) is 19.2 Å². The summed E-state index contributed by atoms with van der Waals surface area (Å²) in [5, 5.41) is 9.85. The van der Waals surface area contributed by atoms with Gasteiger partial charge >= 0.3 is 0 Å². The summed E-state index contributed by atoms with van der Waals surface area (Å²) in [4.78, 5) is 15.1. The highest BCUT2D eigenvalue weighted by Gasteiger charge is 2.16. The summed E-state index contributed by atoms with van der Waals surface area (Å²) in [5.41, 5.74) is 1.65. The van der Waals surface area contributed by atoms with Gasteiger partial charge in [-0.15, -0.1) is 0 Å². The molecule has 6 nitrogen and oxygen atoms in total. The third-order valence-electron chi connectivity index (χ3n) is 2.86. The topological polar surface area (TPSA) is 71.4 Å². The van der Waals surface area contributed by atoms with E-state index in [1.165, 1.54) is 0 Å². The number of hydrogen-bond acceptors (Lipinski definition) is 6. The summed E-state index contributed by atoms with van der Waals surface area (Å²) in [7, 11) is 3.45. The quantitative estimate of drug-likeness (QED) is 0.930. The lowest BCUT2D eigenvalue weighted by Gasteiger charge is -2.20. The molecule has 0 unspecified atom stereocenters. The molecule has 2 heterocycles. The van der Waals surface area contributed by atoms with Crippen LogP contribution in [-0.4, -0.2) is 47.4 Å². The fraction of sp³-hybridized carbons (Fsp3) is 0.533. The van der Waals surface area contributed by atoms with E-state index in [1.54, 1.807) is 7.11 Å². The monoisotopic (exact) mass is 292 g/mol. The van der Waals surface area contributed by atoms with Gasteiger partial charge in [0.1, 0.15) is 17.0 Å². The molecule has 0 aromatic carbocycles. The smallest absolute Gasteiger partial charge is 0.226 e. The Morgan fingerprint density at radius 3 is 2.43 bits per heavy atom. The van der Waals surface area contributed by atoms with Gasteiger partial charge in [0.15, 0.2) is 0 Å². The lowest BCUT2D eigenvalue weighted by molar-refractivity contribution is 0.304. The third-order valence-corrected chi connectivity index (χ3v) is 2.86. The van der Waals surface area contributed by atoms with Crippen molar-refractivity contribution in [2.75, 3.05) is 32.2 Å². The first-order valence-electron chi connectivity index (χ1n) is 7.08. The molecule has 2 aromatic rings. The zero-order valence-electron chi connectivity index (χ0n) is 13.6. The van der Waals surface area contributed by atoms with Crippen molar-refractivity contribution in [3.63, 3.8) is 0 Å². The first kappa shape index (κ1) is 17.1. The lowest BCUT2D eigenvalue weighted by atomic mass is 10.2. The van der Waals surface area contributed by atoms with Gasteiger partial charge in [0.25, 0.3) is 0 Å². The summed E-state index contributed by atoms with van der Waals surface area (Å²) in [6.07, 6.45) is 0. The van der Waals surface area contributed by atoms with E-state index in [-0.39, 0.29) is 6.61 Å². The summed E-state index contributed by atoms with van der Waals surface area (Å²) < 4.78 is 5.34. The molecule has 6 heteroatoms. The minimum Gasteiger partial charge on any atom is -0.480 e. The molecule has 0 atom stereocenters. The van der Waals surface area contributed by atoms with Crippen LogP contribution in [0.4, 0.5) is 5.82 Å². The van der Waals surface area contributed by atoms with Crippen molar-refractivity contribution < 1.29 is 9.84 Å². The maximum absolute atomic E-state index is 9.08. The van der Waals surface area contributed by atoms with Gasteiger partial charge in [0, 0.05) is 19.3 Å². The van der Waals surface area contributed by atoms with Crippen LogP contribution in [0.1, 0.15) is 25.4 Å². The zero-order chi connectivity index (χ0) is 16.0. The second-order valence-electron chi connectivity index (χ2n) is 4.41. The summed E-state index contributed by atoms with van der Waals surface area (Å²) in [5.74, 6) is 1.91. The van der Waals surface area contributed by atoms with E-state index >= 15 is 0 Å². The molecule has 2 aromatic heterocycles. The largest absolute Gasteiger partial charge is 0.480 e. The minimum absolute atomic E-state index is 0.0582. The van der Waals surface area contributed by atoms with Crippen LogP contribution in [0, 0.1) is 13.8 Å². The number of nitrogens with zero attached hydrogens (tertiary/aromatic N) is 4. The van der Waals surface area contributed by atoms with E-state index < -0.39 is 0 Å². The normalized spacial score (nSPS) is 10.0. The van der Waals surface area contributed by atoms with Crippen LogP contribution in [0.15, 0.2) is 6.07 Å². The Hall–Kier alpha value is -1.95. The second kappa shape index (κ2) is 7.73. The number of aromatic nitrogens is 3. The van der Waals surface area contributed by atoms with Crippen LogP contribution in [0.25, 0.3) is 10.9 Å². The van der Waals surface area contributed by atoms with Crippen LogP contribution in [-0.2, 0) is 0 Å². The van der Waals surface area contributed by atoms with Crippen LogP contribution < -0.4 is 9.64 Å². The van der Waals surface area contributed by atoms with Gasteiger partial charge in [-0.05, 0) is 19.9 Å². The molecule has 0 bridgehead atoms. The summed E-state index contributed by atoms with van der Waals surface area (Å²) >= 11 is 0. The molecular formula is C15H24N4O2. The highest BCUT2D eigenvalue weighted by Crippen LogP contribution is 2.30.